The summed E-state index contributed by atoms with van der Waals surface area (Å²) >= 11 is 0. The normalized spacial score (nSPS) is 20.6. The van der Waals surface area contributed by atoms with Crippen molar-refractivity contribution in [3.8, 4) is 11.5 Å². The Balaban J connectivity index is 1.53. The first-order valence-electron chi connectivity index (χ1n) is 10.5. The Morgan fingerprint density at radius 2 is 1.94 bits per heavy atom. The zero-order chi connectivity index (χ0) is 22.5. The number of hydrogen-bond donors (Lipinski definition) is 1. The first-order valence-corrected chi connectivity index (χ1v) is 10.5. The Morgan fingerprint density at radius 1 is 1.12 bits per heavy atom. The van der Waals surface area contributed by atoms with E-state index in [-0.39, 0.29) is 18.4 Å². The third kappa shape index (κ3) is 2.86. The van der Waals surface area contributed by atoms with Crippen molar-refractivity contribution in [2.24, 2.45) is 5.10 Å². The number of hydrogen-bond acceptors (Lipinski definition) is 5. The molecular weight excluding hydrogens is 408 g/mol. The number of piperazine rings is 1. The van der Waals surface area contributed by atoms with Crippen LogP contribution < -0.4 is 9.47 Å². The summed E-state index contributed by atoms with van der Waals surface area (Å²) in [5.41, 5.74) is 2.36. The number of methoxy groups -OCH3 is 2. The number of amides is 2. The fourth-order valence-corrected chi connectivity index (χ4v) is 4.74. The number of nitrogens with one attached hydrogen (secondary N) is 1. The molecule has 164 valence electrons. The van der Waals surface area contributed by atoms with Gasteiger partial charge >= 0.3 is 0 Å². The lowest BCUT2D eigenvalue weighted by atomic mass is 9.83. The van der Waals surface area contributed by atoms with E-state index >= 15 is 0 Å². The molecule has 8 nitrogen and oxygen atoms in total. The summed E-state index contributed by atoms with van der Waals surface area (Å²) in [6.07, 6.45) is 2.25. The molecule has 1 fully saturated rings. The number of carbonyl (C=O) groups is 2. The van der Waals surface area contributed by atoms with Crippen molar-refractivity contribution >= 4 is 28.9 Å². The van der Waals surface area contributed by atoms with Gasteiger partial charge in [-0.2, -0.15) is 5.10 Å². The molecule has 2 amide bonds. The minimum atomic E-state index is -1.14. The largest absolute Gasteiger partial charge is 0.497 e. The van der Waals surface area contributed by atoms with E-state index < -0.39 is 5.54 Å². The number of nitrogens with zero attached hydrogens (tertiary/aromatic N) is 3. The van der Waals surface area contributed by atoms with Gasteiger partial charge in [0.1, 0.15) is 18.0 Å². The lowest BCUT2D eigenvalue weighted by molar-refractivity contribution is -0.165. The number of aromatic nitrogens is 1. The van der Waals surface area contributed by atoms with Crippen LogP contribution in [0.2, 0.25) is 0 Å². The third-order valence-electron chi connectivity index (χ3n) is 6.44. The molecular formula is C24H24N4O4. The molecule has 2 aliphatic heterocycles. The molecule has 2 aromatic carbocycles. The molecule has 1 atom stereocenters. The summed E-state index contributed by atoms with van der Waals surface area (Å²) in [7, 11) is 3.13. The molecule has 3 aromatic rings. The van der Waals surface area contributed by atoms with Crippen LogP contribution >= 0.6 is 0 Å². The van der Waals surface area contributed by atoms with Crippen LogP contribution in [0.3, 0.4) is 0 Å². The topological polar surface area (TPSA) is 87.2 Å². The predicted molar refractivity (Wildman–Crippen MR) is 120 cm³/mol. The maximum absolute atomic E-state index is 13.7. The van der Waals surface area contributed by atoms with E-state index in [4.69, 9.17) is 9.47 Å². The van der Waals surface area contributed by atoms with E-state index in [2.05, 4.69) is 10.1 Å². The van der Waals surface area contributed by atoms with Gasteiger partial charge in [0.15, 0.2) is 5.54 Å². The summed E-state index contributed by atoms with van der Waals surface area (Å²) < 4.78 is 10.6. The molecule has 0 radical (unpaired) electrons. The Kier molecular flexibility index (Phi) is 4.65. The minimum absolute atomic E-state index is 0.0983. The summed E-state index contributed by atoms with van der Waals surface area (Å²) in [6, 6.07) is 13.3. The smallest absolute Gasteiger partial charge is 0.275 e. The Labute approximate surface area is 185 Å². The fraction of sp³-hybridized carbons (Fsp3) is 0.292. The lowest BCUT2D eigenvalue weighted by Crippen LogP contribution is -2.65. The van der Waals surface area contributed by atoms with Crippen molar-refractivity contribution in [2.75, 3.05) is 27.3 Å². The molecule has 2 aliphatic rings. The van der Waals surface area contributed by atoms with Crippen LogP contribution in [0.5, 0.6) is 11.5 Å². The summed E-state index contributed by atoms with van der Waals surface area (Å²) in [6.45, 7) is 2.20. The molecule has 0 saturated carbocycles. The van der Waals surface area contributed by atoms with E-state index in [1.54, 1.807) is 44.2 Å². The number of benzene rings is 2. The van der Waals surface area contributed by atoms with Crippen LogP contribution in [-0.4, -0.2) is 60.2 Å². The van der Waals surface area contributed by atoms with Crippen molar-refractivity contribution in [3.63, 3.8) is 0 Å². The van der Waals surface area contributed by atoms with Crippen LogP contribution in [-0.2, 0) is 21.5 Å². The van der Waals surface area contributed by atoms with Gasteiger partial charge in [-0.3, -0.25) is 9.59 Å². The lowest BCUT2D eigenvalue weighted by Gasteiger charge is -2.48. The second kappa shape index (κ2) is 7.40. The first kappa shape index (κ1) is 20.1. The van der Waals surface area contributed by atoms with Crippen LogP contribution in [0.25, 0.3) is 10.9 Å². The maximum atomic E-state index is 13.7. The van der Waals surface area contributed by atoms with Gasteiger partial charge < -0.3 is 19.4 Å². The van der Waals surface area contributed by atoms with Crippen molar-refractivity contribution in [1.29, 1.82) is 0 Å². The highest BCUT2D eigenvalue weighted by molar-refractivity contribution is 6.01. The summed E-state index contributed by atoms with van der Waals surface area (Å²) in [5, 5.41) is 6.73. The van der Waals surface area contributed by atoms with Gasteiger partial charge in [0.2, 0.25) is 5.91 Å². The SMILES string of the molecule is COc1ccc(C=NN2CC(=O)N3CCc4c([nH]c5ccccc45)[C@]3(C)C2=O)c(OC)c1. The zero-order valence-electron chi connectivity index (χ0n) is 18.2. The van der Waals surface area contributed by atoms with Crippen LogP contribution in [0.1, 0.15) is 23.7 Å². The zero-order valence-corrected chi connectivity index (χ0v) is 18.2. The van der Waals surface area contributed by atoms with E-state index in [0.29, 0.717) is 30.0 Å². The van der Waals surface area contributed by atoms with Gasteiger partial charge in [-0.25, -0.2) is 5.01 Å². The van der Waals surface area contributed by atoms with Gasteiger partial charge in [-0.1, -0.05) is 18.2 Å². The Morgan fingerprint density at radius 3 is 2.72 bits per heavy atom. The number of fused-ring (bicyclic) bond motifs is 5. The Hall–Kier alpha value is -3.81. The van der Waals surface area contributed by atoms with Crippen LogP contribution in [0.15, 0.2) is 47.6 Å². The van der Waals surface area contributed by atoms with Crippen molar-refractivity contribution in [1.82, 2.24) is 14.9 Å². The monoisotopic (exact) mass is 432 g/mol. The second-order valence-corrected chi connectivity index (χ2v) is 8.11. The first-order chi connectivity index (χ1) is 15.5. The predicted octanol–water partition coefficient (Wildman–Crippen LogP) is 2.66. The number of para-hydroxylation sites is 1. The number of ether oxygens (including phenoxy) is 2. The molecule has 1 saturated heterocycles. The average molecular weight is 432 g/mol. The molecule has 1 aromatic heterocycles. The number of aromatic amines is 1. The quantitative estimate of drug-likeness (QED) is 0.642. The summed E-state index contributed by atoms with van der Waals surface area (Å²) in [4.78, 5) is 31.8. The molecule has 0 aliphatic carbocycles. The molecule has 0 unspecified atom stereocenters. The highest BCUT2D eigenvalue weighted by Gasteiger charge is 2.54. The van der Waals surface area contributed by atoms with E-state index in [9.17, 15) is 9.59 Å². The molecule has 5 rings (SSSR count). The van der Waals surface area contributed by atoms with E-state index in [1.807, 2.05) is 24.3 Å². The molecule has 0 spiro atoms. The Bertz CT molecular complexity index is 1260. The summed E-state index contributed by atoms with van der Waals surface area (Å²) in [5.74, 6) is 0.843. The van der Waals surface area contributed by atoms with Crippen LogP contribution in [0, 0.1) is 0 Å². The van der Waals surface area contributed by atoms with Crippen molar-refractivity contribution < 1.29 is 19.1 Å². The highest BCUT2D eigenvalue weighted by Crippen LogP contribution is 2.42. The van der Waals surface area contributed by atoms with Gasteiger partial charge in [0.05, 0.1) is 26.1 Å². The maximum Gasteiger partial charge on any atom is 0.275 e. The van der Waals surface area contributed by atoms with Gasteiger partial charge in [0.25, 0.3) is 5.91 Å². The van der Waals surface area contributed by atoms with E-state index in [1.165, 1.54) is 11.2 Å². The number of hydrazone groups is 1. The van der Waals surface area contributed by atoms with Crippen LogP contribution in [0.4, 0.5) is 0 Å². The minimum Gasteiger partial charge on any atom is -0.497 e. The number of H-pyrrole nitrogens is 1. The fourth-order valence-electron chi connectivity index (χ4n) is 4.74. The molecule has 8 heteroatoms. The van der Waals surface area contributed by atoms with Crippen molar-refractivity contribution in [3.05, 3.63) is 59.3 Å². The highest BCUT2D eigenvalue weighted by atomic mass is 16.5. The average Bonchev–Trinajstić information content (AvgIpc) is 3.20. The standard InChI is InChI=1S/C24H24N4O4/c1-24-22-18(17-6-4-5-7-19(17)26-22)10-11-27(24)21(29)14-28(23(24)30)25-13-15-8-9-16(31-2)12-20(15)32-3/h4-9,12-13,26H,10-11,14H2,1-3H3/t24-/m1/s1. The third-order valence-corrected chi connectivity index (χ3v) is 6.44. The molecule has 32 heavy (non-hydrogen) atoms. The van der Waals surface area contributed by atoms with Gasteiger partial charge in [-0.15, -0.1) is 0 Å². The molecule has 0 bridgehead atoms. The van der Waals surface area contributed by atoms with E-state index in [0.717, 1.165) is 22.2 Å². The number of carbonyl (C=O) groups excluding carboxylic acids is 2. The molecule has 1 N–H and O–H groups in total. The second-order valence-electron chi connectivity index (χ2n) is 8.11. The van der Waals surface area contributed by atoms with Gasteiger partial charge in [-0.05, 0) is 37.1 Å². The van der Waals surface area contributed by atoms with Gasteiger partial charge in [0, 0.05) is 29.1 Å². The van der Waals surface area contributed by atoms with Crippen molar-refractivity contribution in [2.45, 2.75) is 18.9 Å². The number of rotatable bonds is 4. The molecule has 3 heterocycles.